The van der Waals surface area contributed by atoms with Gasteiger partial charge in [0.15, 0.2) is 0 Å². The number of benzene rings is 1. The fourth-order valence-electron chi connectivity index (χ4n) is 3.27. The third-order valence-corrected chi connectivity index (χ3v) is 7.80. The molecule has 168 valence electrons. The molecule has 11 heteroatoms. The van der Waals surface area contributed by atoms with Gasteiger partial charge in [-0.1, -0.05) is 6.07 Å². The first-order chi connectivity index (χ1) is 15.3. The summed E-state index contributed by atoms with van der Waals surface area (Å²) in [5.41, 5.74) is 0.525. The Balaban J connectivity index is 1.49. The number of nitrogens with zero attached hydrogens (tertiary/aromatic N) is 3. The van der Waals surface area contributed by atoms with Crippen molar-refractivity contribution in [3.63, 3.8) is 0 Å². The molecule has 0 saturated carbocycles. The molecule has 1 aliphatic rings. The van der Waals surface area contributed by atoms with E-state index in [1.54, 1.807) is 29.5 Å². The van der Waals surface area contributed by atoms with Crippen molar-refractivity contribution in [2.24, 2.45) is 0 Å². The number of thiophene rings is 1. The minimum Gasteiger partial charge on any atom is -0.379 e. The number of sulfonamides is 1. The molecule has 0 radical (unpaired) electrons. The van der Waals surface area contributed by atoms with E-state index in [-0.39, 0.29) is 24.5 Å². The van der Waals surface area contributed by atoms with Crippen LogP contribution in [0.25, 0.3) is 10.6 Å². The highest BCUT2D eigenvalue weighted by atomic mass is 32.2. The predicted molar refractivity (Wildman–Crippen MR) is 121 cm³/mol. The average Bonchev–Trinajstić information content (AvgIpc) is 3.22. The van der Waals surface area contributed by atoms with Crippen LogP contribution in [0.15, 0.2) is 58.2 Å². The number of anilines is 1. The molecule has 2 aromatic heterocycles. The zero-order valence-corrected chi connectivity index (χ0v) is 19.0. The first-order valence-corrected chi connectivity index (χ1v) is 12.2. The second-order valence-corrected chi connectivity index (χ2v) is 10.4. The van der Waals surface area contributed by atoms with Gasteiger partial charge in [0.25, 0.3) is 5.56 Å². The predicted octanol–water partition coefficient (Wildman–Crippen LogP) is 1.94. The van der Waals surface area contributed by atoms with E-state index in [2.05, 4.69) is 10.4 Å². The number of ether oxygens (including phenoxy) is 1. The molecule has 0 atom stereocenters. The summed E-state index contributed by atoms with van der Waals surface area (Å²) < 4.78 is 33.3. The molecule has 0 unspecified atom stereocenters. The van der Waals surface area contributed by atoms with Crippen molar-refractivity contribution < 1.29 is 17.9 Å². The average molecular weight is 475 g/mol. The SMILES string of the molecule is Cc1ccc(-c2ccc(=O)n(CC(=O)Nc3cccc(S(=O)(=O)N4CCOCC4)c3)n2)s1. The highest BCUT2D eigenvalue weighted by molar-refractivity contribution is 7.89. The Hall–Kier alpha value is -2.86. The van der Waals surface area contributed by atoms with Gasteiger partial charge < -0.3 is 10.1 Å². The van der Waals surface area contributed by atoms with Crippen LogP contribution >= 0.6 is 11.3 Å². The highest BCUT2D eigenvalue weighted by Crippen LogP contribution is 2.25. The molecule has 32 heavy (non-hydrogen) atoms. The molecule has 1 aliphatic heterocycles. The zero-order valence-electron chi connectivity index (χ0n) is 17.4. The summed E-state index contributed by atoms with van der Waals surface area (Å²) in [7, 11) is -3.68. The van der Waals surface area contributed by atoms with Crippen LogP contribution in [0.5, 0.6) is 0 Å². The lowest BCUT2D eigenvalue weighted by Gasteiger charge is -2.26. The van der Waals surface area contributed by atoms with Crippen LogP contribution in [-0.4, -0.2) is 54.7 Å². The van der Waals surface area contributed by atoms with E-state index in [0.717, 1.165) is 14.4 Å². The maximum Gasteiger partial charge on any atom is 0.267 e. The van der Waals surface area contributed by atoms with Gasteiger partial charge in [0.1, 0.15) is 12.2 Å². The topological polar surface area (TPSA) is 111 Å². The third-order valence-electron chi connectivity index (χ3n) is 4.88. The van der Waals surface area contributed by atoms with Gasteiger partial charge in [0.2, 0.25) is 15.9 Å². The van der Waals surface area contributed by atoms with E-state index in [9.17, 15) is 18.0 Å². The molecule has 1 N–H and O–H groups in total. The number of aryl methyl sites for hydroxylation is 1. The van der Waals surface area contributed by atoms with E-state index in [1.807, 2.05) is 19.1 Å². The quantitative estimate of drug-likeness (QED) is 0.585. The number of morpholine rings is 1. The fraction of sp³-hybridized carbons (Fsp3) is 0.286. The van der Waals surface area contributed by atoms with Crippen LogP contribution in [0.4, 0.5) is 5.69 Å². The van der Waals surface area contributed by atoms with Crippen LogP contribution in [-0.2, 0) is 26.1 Å². The van der Waals surface area contributed by atoms with E-state index in [4.69, 9.17) is 4.74 Å². The molecular weight excluding hydrogens is 452 g/mol. The Morgan fingerprint density at radius 3 is 2.66 bits per heavy atom. The van der Waals surface area contributed by atoms with Gasteiger partial charge in [0, 0.05) is 29.7 Å². The second kappa shape index (κ2) is 9.33. The van der Waals surface area contributed by atoms with Crippen LogP contribution in [0.1, 0.15) is 4.88 Å². The zero-order chi connectivity index (χ0) is 22.7. The van der Waals surface area contributed by atoms with Gasteiger partial charge in [-0.25, -0.2) is 13.1 Å². The fourth-order valence-corrected chi connectivity index (χ4v) is 5.56. The lowest BCUT2D eigenvalue weighted by Crippen LogP contribution is -2.40. The molecule has 3 heterocycles. The highest BCUT2D eigenvalue weighted by Gasteiger charge is 2.26. The van der Waals surface area contributed by atoms with Crippen molar-refractivity contribution >= 4 is 33.0 Å². The summed E-state index contributed by atoms with van der Waals surface area (Å²) in [6.45, 7) is 2.95. The summed E-state index contributed by atoms with van der Waals surface area (Å²) in [4.78, 5) is 26.9. The summed E-state index contributed by atoms with van der Waals surface area (Å²) in [5.74, 6) is -0.486. The smallest absolute Gasteiger partial charge is 0.267 e. The van der Waals surface area contributed by atoms with E-state index >= 15 is 0 Å². The molecule has 1 amide bonds. The number of hydrogen-bond donors (Lipinski definition) is 1. The van der Waals surface area contributed by atoms with Crippen molar-refractivity contribution in [3.05, 3.63) is 63.8 Å². The molecule has 9 nitrogen and oxygen atoms in total. The standard InChI is InChI=1S/C21H22N4O5S2/c1-15-5-7-19(31-15)18-6-8-21(27)25(23-18)14-20(26)22-16-3-2-4-17(13-16)32(28,29)24-9-11-30-12-10-24/h2-8,13H,9-12,14H2,1H3,(H,22,26). The summed E-state index contributed by atoms with van der Waals surface area (Å²) in [5, 5.41) is 6.95. The second-order valence-electron chi connectivity index (χ2n) is 7.22. The van der Waals surface area contributed by atoms with E-state index in [1.165, 1.54) is 22.5 Å². The summed E-state index contributed by atoms with van der Waals surface area (Å²) in [6.07, 6.45) is 0. The van der Waals surface area contributed by atoms with Crippen molar-refractivity contribution in [3.8, 4) is 10.6 Å². The molecule has 3 aromatic rings. The monoisotopic (exact) mass is 474 g/mol. The molecule has 1 aromatic carbocycles. The molecule has 0 aliphatic carbocycles. The van der Waals surface area contributed by atoms with Gasteiger partial charge >= 0.3 is 0 Å². The first-order valence-electron chi connectivity index (χ1n) is 9.96. The largest absolute Gasteiger partial charge is 0.379 e. The molecule has 4 rings (SSSR count). The van der Waals surface area contributed by atoms with Crippen molar-refractivity contribution in [2.75, 3.05) is 31.6 Å². The number of hydrogen-bond acceptors (Lipinski definition) is 7. The van der Waals surface area contributed by atoms with E-state index < -0.39 is 21.5 Å². The van der Waals surface area contributed by atoms with Crippen LogP contribution in [0, 0.1) is 6.92 Å². The lowest BCUT2D eigenvalue weighted by atomic mass is 10.3. The normalized spacial score (nSPS) is 14.9. The van der Waals surface area contributed by atoms with Crippen molar-refractivity contribution in [1.82, 2.24) is 14.1 Å². The van der Waals surface area contributed by atoms with Crippen molar-refractivity contribution in [2.45, 2.75) is 18.4 Å². The van der Waals surface area contributed by atoms with E-state index in [0.29, 0.717) is 24.6 Å². The number of carbonyl (C=O) groups excluding carboxylic acids is 1. The van der Waals surface area contributed by atoms with Crippen LogP contribution < -0.4 is 10.9 Å². The molecule has 0 spiro atoms. The number of amides is 1. The molecule has 1 saturated heterocycles. The van der Waals surface area contributed by atoms with Gasteiger partial charge in [-0.15, -0.1) is 11.3 Å². The lowest BCUT2D eigenvalue weighted by molar-refractivity contribution is -0.117. The van der Waals surface area contributed by atoms with Gasteiger partial charge in [-0.05, 0) is 43.3 Å². The number of aromatic nitrogens is 2. The maximum absolute atomic E-state index is 12.8. The Kier molecular flexibility index (Phi) is 6.51. The van der Waals surface area contributed by atoms with Gasteiger partial charge in [-0.3, -0.25) is 9.59 Å². The Morgan fingerprint density at radius 2 is 1.94 bits per heavy atom. The molecular formula is C21H22N4O5S2. The molecule has 1 fully saturated rings. The maximum atomic E-state index is 12.8. The van der Waals surface area contributed by atoms with Crippen LogP contribution in [0.2, 0.25) is 0 Å². The summed E-state index contributed by atoms with van der Waals surface area (Å²) in [6, 6.07) is 12.9. The summed E-state index contributed by atoms with van der Waals surface area (Å²) >= 11 is 1.55. The minimum absolute atomic E-state index is 0.0857. The minimum atomic E-state index is -3.68. The van der Waals surface area contributed by atoms with Crippen molar-refractivity contribution in [1.29, 1.82) is 0 Å². The first kappa shape index (κ1) is 22.3. The molecule has 0 bridgehead atoms. The Bertz CT molecular complexity index is 1290. The number of nitrogens with one attached hydrogen (secondary N) is 1. The van der Waals surface area contributed by atoms with Gasteiger partial charge in [0.05, 0.1) is 23.0 Å². The Morgan fingerprint density at radius 1 is 1.16 bits per heavy atom. The van der Waals surface area contributed by atoms with Gasteiger partial charge in [-0.2, -0.15) is 9.40 Å². The van der Waals surface area contributed by atoms with Crippen LogP contribution in [0.3, 0.4) is 0 Å². The third kappa shape index (κ3) is 4.96. The number of carbonyl (C=O) groups is 1. The Labute approximate surface area is 189 Å². The number of rotatable bonds is 6.